The maximum absolute atomic E-state index is 12.3. The van der Waals surface area contributed by atoms with Crippen LogP contribution in [0.3, 0.4) is 0 Å². The molecule has 1 aliphatic rings. The topological polar surface area (TPSA) is 32.3 Å². The van der Waals surface area contributed by atoms with E-state index < -0.39 is 0 Å². The Hall–Kier alpha value is -1.13. The van der Waals surface area contributed by atoms with Gasteiger partial charge in [0.2, 0.25) is 5.91 Å². The van der Waals surface area contributed by atoms with E-state index in [9.17, 15) is 4.79 Å². The van der Waals surface area contributed by atoms with Crippen molar-refractivity contribution in [2.45, 2.75) is 20.4 Å². The van der Waals surface area contributed by atoms with E-state index in [1.165, 1.54) is 10.5 Å². The lowest BCUT2D eigenvalue weighted by Crippen LogP contribution is -2.38. The lowest BCUT2D eigenvalue weighted by atomic mass is 10.0. The van der Waals surface area contributed by atoms with E-state index >= 15 is 0 Å². The van der Waals surface area contributed by atoms with Crippen LogP contribution in [0.4, 0.5) is 0 Å². The van der Waals surface area contributed by atoms with Gasteiger partial charge < -0.3 is 10.2 Å². The highest BCUT2D eigenvalue weighted by atomic mass is 32.1. The van der Waals surface area contributed by atoms with Gasteiger partial charge >= 0.3 is 0 Å². The Balaban J connectivity index is 2.05. The van der Waals surface area contributed by atoms with Gasteiger partial charge in [-0.2, -0.15) is 0 Å². The number of likely N-dealkylation sites (N-methyl/N-ethyl adjacent to an activating group) is 1. The van der Waals surface area contributed by atoms with E-state index in [2.05, 4.69) is 16.8 Å². The third kappa shape index (κ3) is 2.76. The minimum Gasteiger partial charge on any atom is -0.334 e. The average molecular weight is 250 g/mol. The lowest BCUT2D eigenvalue weighted by Gasteiger charge is -2.26. The highest BCUT2D eigenvalue weighted by molar-refractivity contribution is 7.09. The van der Waals surface area contributed by atoms with Crippen LogP contribution in [-0.4, -0.2) is 30.4 Å². The first-order valence-corrected chi connectivity index (χ1v) is 6.81. The fourth-order valence-corrected chi connectivity index (χ4v) is 2.54. The van der Waals surface area contributed by atoms with Gasteiger partial charge in [0, 0.05) is 30.1 Å². The molecule has 1 N–H and O–H groups in total. The molecule has 0 spiro atoms. The largest absolute Gasteiger partial charge is 0.334 e. The van der Waals surface area contributed by atoms with Crippen LogP contribution in [-0.2, 0) is 11.3 Å². The van der Waals surface area contributed by atoms with Gasteiger partial charge in [0.25, 0.3) is 0 Å². The number of thiophene rings is 1. The lowest BCUT2D eigenvalue weighted by molar-refractivity contribution is -0.127. The summed E-state index contributed by atoms with van der Waals surface area (Å²) in [5.74, 6) is 0.178. The summed E-state index contributed by atoms with van der Waals surface area (Å²) in [6, 6.07) is 4.10. The van der Waals surface area contributed by atoms with Crippen LogP contribution in [0.15, 0.2) is 28.7 Å². The van der Waals surface area contributed by atoms with E-state index in [1.807, 2.05) is 24.8 Å². The van der Waals surface area contributed by atoms with E-state index in [0.29, 0.717) is 0 Å². The Morgan fingerprint density at radius 3 is 2.76 bits per heavy atom. The Kier molecular flexibility index (Phi) is 3.97. The average Bonchev–Trinajstić information content (AvgIpc) is 2.75. The molecule has 2 heterocycles. The van der Waals surface area contributed by atoms with Crippen molar-refractivity contribution in [2.24, 2.45) is 0 Å². The third-order valence-electron chi connectivity index (χ3n) is 3.12. The number of nitrogens with one attached hydrogen (secondary N) is 1. The van der Waals surface area contributed by atoms with E-state index in [4.69, 9.17) is 0 Å². The van der Waals surface area contributed by atoms with Gasteiger partial charge in [-0.25, -0.2) is 0 Å². The molecule has 2 rings (SSSR count). The number of rotatable bonds is 4. The maximum atomic E-state index is 12.3. The standard InChI is InChI=1S/C13H18N2OS/c1-3-15(9-12-5-4-6-17-12)13(16)10(2)11-7-14-8-11/h4-6,14H,3,7-9H2,1-2H3. The van der Waals surface area contributed by atoms with Crippen molar-refractivity contribution in [1.82, 2.24) is 10.2 Å². The molecule has 0 unspecified atom stereocenters. The summed E-state index contributed by atoms with van der Waals surface area (Å²) < 4.78 is 0. The molecule has 1 fully saturated rings. The fourth-order valence-electron chi connectivity index (χ4n) is 1.82. The van der Waals surface area contributed by atoms with Gasteiger partial charge in [0.1, 0.15) is 0 Å². The molecule has 0 bridgehead atoms. The molecule has 0 saturated carbocycles. The molecule has 0 radical (unpaired) electrons. The first-order chi connectivity index (χ1) is 8.22. The van der Waals surface area contributed by atoms with Crippen molar-refractivity contribution in [2.75, 3.05) is 19.6 Å². The number of hydrogen-bond donors (Lipinski definition) is 1. The third-order valence-corrected chi connectivity index (χ3v) is 3.98. The molecule has 1 saturated heterocycles. The minimum atomic E-state index is 0.178. The molecule has 1 amide bonds. The number of nitrogens with zero attached hydrogens (tertiary/aromatic N) is 1. The molecular formula is C13H18N2OS. The first-order valence-electron chi connectivity index (χ1n) is 5.93. The van der Waals surface area contributed by atoms with E-state index in [0.717, 1.165) is 31.8 Å². The predicted molar refractivity (Wildman–Crippen MR) is 71.0 cm³/mol. The molecule has 4 heteroatoms. The summed E-state index contributed by atoms with van der Waals surface area (Å²) in [5, 5.41) is 5.22. The monoisotopic (exact) mass is 250 g/mol. The quantitative estimate of drug-likeness (QED) is 0.829. The highest BCUT2D eigenvalue weighted by Crippen LogP contribution is 2.16. The number of carbonyl (C=O) groups is 1. The van der Waals surface area contributed by atoms with Gasteiger partial charge in [-0.05, 0) is 30.9 Å². The minimum absolute atomic E-state index is 0.178. The number of carbonyl (C=O) groups excluding carboxylic acids is 1. The Morgan fingerprint density at radius 2 is 2.29 bits per heavy atom. The van der Waals surface area contributed by atoms with Crippen molar-refractivity contribution < 1.29 is 4.79 Å². The van der Waals surface area contributed by atoms with Gasteiger partial charge in [-0.15, -0.1) is 11.3 Å². The van der Waals surface area contributed by atoms with Crippen LogP contribution < -0.4 is 5.32 Å². The van der Waals surface area contributed by atoms with Crippen LogP contribution in [0, 0.1) is 0 Å². The fraction of sp³-hybridized carbons (Fsp3) is 0.462. The normalized spacial score (nSPS) is 14.4. The Labute approximate surface area is 106 Å². The molecule has 0 aliphatic carbocycles. The summed E-state index contributed by atoms with van der Waals surface area (Å²) in [4.78, 5) is 15.4. The zero-order chi connectivity index (χ0) is 12.3. The summed E-state index contributed by atoms with van der Waals surface area (Å²) >= 11 is 1.70. The molecule has 0 aromatic carbocycles. The first kappa shape index (κ1) is 12.3. The van der Waals surface area contributed by atoms with Crippen molar-refractivity contribution >= 4 is 17.2 Å². The molecular weight excluding hydrogens is 232 g/mol. The van der Waals surface area contributed by atoms with Crippen LogP contribution >= 0.6 is 11.3 Å². The predicted octanol–water partition coefficient (Wildman–Crippen LogP) is 2.02. The summed E-state index contributed by atoms with van der Waals surface area (Å²) in [7, 11) is 0. The van der Waals surface area contributed by atoms with Gasteiger partial charge in [-0.1, -0.05) is 6.07 Å². The van der Waals surface area contributed by atoms with Gasteiger partial charge in [-0.3, -0.25) is 4.79 Å². The van der Waals surface area contributed by atoms with Crippen LogP contribution in [0.25, 0.3) is 0 Å². The summed E-state index contributed by atoms with van der Waals surface area (Å²) in [6.07, 6.45) is 0. The molecule has 17 heavy (non-hydrogen) atoms. The Bertz CT molecular complexity index is 417. The number of hydrogen-bond acceptors (Lipinski definition) is 3. The molecule has 3 nitrogen and oxygen atoms in total. The molecule has 0 atom stereocenters. The zero-order valence-electron chi connectivity index (χ0n) is 10.3. The smallest absolute Gasteiger partial charge is 0.249 e. The maximum Gasteiger partial charge on any atom is 0.249 e. The second-order valence-corrected chi connectivity index (χ2v) is 5.26. The van der Waals surface area contributed by atoms with E-state index in [-0.39, 0.29) is 5.91 Å². The van der Waals surface area contributed by atoms with Crippen molar-refractivity contribution in [1.29, 1.82) is 0 Å². The van der Waals surface area contributed by atoms with Gasteiger partial charge in [0.05, 0.1) is 6.54 Å². The molecule has 1 aliphatic heterocycles. The molecule has 1 aromatic heterocycles. The Morgan fingerprint density at radius 1 is 1.53 bits per heavy atom. The van der Waals surface area contributed by atoms with Crippen LogP contribution in [0.1, 0.15) is 18.7 Å². The van der Waals surface area contributed by atoms with Gasteiger partial charge in [0.15, 0.2) is 0 Å². The van der Waals surface area contributed by atoms with Crippen LogP contribution in [0.2, 0.25) is 0 Å². The second-order valence-electron chi connectivity index (χ2n) is 4.23. The molecule has 1 aromatic rings. The SMILES string of the molecule is CCN(Cc1cccs1)C(=O)C(C)=C1CNC1. The molecule has 92 valence electrons. The van der Waals surface area contributed by atoms with Crippen molar-refractivity contribution in [3.63, 3.8) is 0 Å². The van der Waals surface area contributed by atoms with Crippen LogP contribution in [0.5, 0.6) is 0 Å². The van der Waals surface area contributed by atoms with E-state index in [1.54, 1.807) is 11.3 Å². The van der Waals surface area contributed by atoms with Crippen molar-refractivity contribution in [3.8, 4) is 0 Å². The highest BCUT2D eigenvalue weighted by Gasteiger charge is 2.20. The summed E-state index contributed by atoms with van der Waals surface area (Å²) in [5.41, 5.74) is 2.17. The summed E-state index contributed by atoms with van der Waals surface area (Å²) in [6.45, 7) is 7.19. The second kappa shape index (κ2) is 5.47. The zero-order valence-corrected chi connectivity index (χ0v) is 11.1. The number of amides is 1. The van der Waals surface area contributed by atoms with Crippen molar-refractivity contribution in [3.05, 3.63) is 33.5 Å².